The number of benzene rings is 1. The van der Waals surface area contributed by atoms with Crippen molar-refractivity contribution in [3.8, 4) is 11.3 Å². The van der Waals surface area contributed by atoms with Gasteiger partial charge in [0.25, 0.3) is 0 Å². The second-order valence-corrected chi connectivity index (χ2v) is 8.62. The Morgan fingerprint density at radius 2 is 2.11 bits per heavy atom. The first-order chi connectivity index (χ1) is 16.9. The van der Waals surface area contributed by atoms with E-state index in [4.69, 9.17) is 11.6 Å². The first-order valence-corrected chi connectivity index (χ1v) is 11.2. The van der Waals surface area contributed by atoms with Crippen LogP contribution in [0, 0.1) is 5.82 Å². The van der Waals surface area contributed by atoms with Gasteiger partial charge in [-0.2, -0.15) is 10.2 Å². The minimum absolute atomic E-state index is 0.0611. The number of aromatic nitrogens is 5. The van der Waals surface area contributed by atoms with Gasteiger partial charge in [-0.25, -0.2) is 8.78 Å². The molecular formula is C23H20ClF2N7O2. The van der Waals surface area contributed by atoms with Crippen LogP contribution in [0.3, 0.4) is 0 Å². The van der Waals surface area contributed by atoms with E-state index < -0.39 is 29.8 Å². The Kier molecular flexibility index (Phi) is 6.16. The number of amides is 2. The smallest absolute Gasteiger partial charge is 0.245 e. The average molecular weight is 500 g/mol. The summed E-state index contributed by atoms with van der Waals surface area (Å²) < 4.78 is 29.9. The van der Waals surface area contributed by atoms with Gasteiger partial charge < -0.3 is 10.2 Å². The van der Waals surface area contributed by atoms with Gasteiger partial charge in [0.15, 0.2) is 0 Å². The fourth-order valence-corrected chi connectivity index (χ4v) is 4.44. The van der Waals surface area contributed by atoms with E-state index in [2.05, 4.69) is 25.6 Å². The summed E-state index contributed by atoms with van der Waals surface area (Å²) in [5, 5.41) is 14.5. The molecule has 2 amide bonds. The molecule has 4 heterocycles. The Morgan fingerprint density at radius 3 is 2.91 bits per heavy atom. The lowest BCUT2D eigenvalue weighted by Gasteiger charge is -2.23. The molecule has 9 nitrogen and oxygen atoms in total. The van der Waals surface area contributed by atoms with Gasteiger partial charge in [-0.15, -0.1) is 0 Å². The molecule has 1 saturated heterocycles. The Morgan fingerprint density at radius 1 is 1.26 bits per heavy atom. The highest BCUT2D eigenvalue weighted by Crippen LogP contribution is 2.27. The summed E-state index contributed by atoms with van der Waals surface area (Å²) in [6.07, 6.45) is 5.02. The van der Waals surface area contributed by atoms with Gasteiger partial charge >= 0.3 is 0 Å². The van der Waals surface area contributed by atoms with Gasteiger partial charge in [-0.05, 0) is 12.1 Å². The highest BCUT2D eigenvalue weighted by atomic mass is 35.5. The molecule has 2 N–H and O–H groups in total. The third-order valence-corrected chi connectivity index (χ3v) is 6.26. The standard InChI is InChI=1S/C23H20ClF2N7O2/c24-17-3-1-2-13(21(17)26)7-28-23(35)18-6-15(25)11-32(18)20(34)12-33-19-10-27-5-4-16(19)22(31-33)14-8-29-30-9-14/h1-5,8-10,15,18H,6-7,11-12H2,(H,28,35)(H,29,30)/t15-,18+/m1/s1. The Balaban J connectivity index is 1.34. The zero-order valence-electron chi connectivity index (χ0n) is 18.3. The zero-order valence-corrected chi connectivity index (χ0v) is 19.0. The van der Waals surface area contributed by atoms with Crippen molar-refractivity contribution in [2.75, 3.05) is 6.54 Å². The number of alkyl halides is 1. The van der Waals surface area contributed by atoms with E-state index in [0.717, 1.165) is 10.9 Å². The van der Waals surface area contributed by atoms with Crippen molar-refractivity contribution in [2.24, 2.45) is 0 Å². The summed E-state index contributed by atoms with van der Waals surface area (Å²) >= 11 is 5.78. The fraction of sp³-hybridized carbons (Fsp3) is 0.261. The molecule has 0 aliphatic carbocycles. The molecule has 180 valence electrons. The van der Waals surface area contributed by atoms with Crippen molar-refractivity contribution >= 4 is 34.3 Å². The molecule has 2 atom stereocenters. The number of carbonyl (C=O) groups is 2. The maximum absolute atomic E-state index is 14.3. The van der Waals surface area contributed by atoms with Gasteiger partial charge in [0.1, 0.15) is 30.3 Å². The minimum Gasteiger partial charge on any atom is -0.350 e. The van der Waals surface area contributed by atoms with Gasteiger partial charge in [0.05, 0.1) is 29.5 Å². The average Bonchev–Trinajstić information content (AvgIpc) is 3.59. The van der Waals surface area contributed by atoms with Crippen molar-refractivity contribution in [3.05, 3.63) is 65.5 Å². The summed E-state index contributed by atoms with van der Waals surface area (Å²) in [6.45, 7) is -0.557. The summed E-state index contributed by atoms with van der Waals surface area (Å²) in [4.78, 5) is 31.3. The Bertz CT molecular complexity index is 1390. The second kappa shape index (κ2) is 9.41. The second-order valence-electron chi connectivity index (χ2n) is 8.21. The molecule has 0 bridgehead atoms. The molecule has 0 unspecified atom stereocenters. The molecule has 1 aliphatic rings. The van der Waals surface area contributed by atoms with Crippen molar-refractivity contribution in [1.29, 1.82) is 0 Å². The first-order valence-electron chi connectivity index (χ1n) is 10.9. The molecule has 1 aromatic carbocycles. The van der Waals surface area contributed by atoms with Crippen molar-refractivity contribution in [3.63, 3.8) is 0 Å². The number of likely N-dealkylation sites (tertiary alicyclic amines) is 1. The van der Waals surface area contributed by atoms with Crippen LogP contribution in [-0.4, -0.2) is 60.4 Å². The Hall–Kier alpha value is -3.86. The third kappa shape index (κ3) is 4.46. The number of pyridine rings is 1. The molecular weight excluding hydrogens is 480 g/mol. The summed E-state index contributed by atoms with van der Waals surface area (Å²) in [5.74, 6) is -1.67. The molecule has 5 rings (SSSR count). The summed E-state index contributed by atoms with van der Waals surface area (Å²) in [5.41, 5.74) is 2.17. The lowest BCUT2D eigenvalue weighted by Crippen LogP contribution is -2.46. The van der Waals surface area contributed by atoms with E-state index in [1.165, 1.54) is 21.7 Å². The zero-order chi connectivity index (χ0) is 24.5. The summed E-state index contributed by atoms with van der Waals surface area (Å²) in [7, 11) is 0. The van der Waals surface area contributed by atoms with E-state index in [1.54, 1.807) is 36.9 Å². The van der Waals surface area contributed by atoms with E-state index in [-0.39, 0.29) is 36.6 Å². The molecule has 0 spiro atoms. The van der Waals surface area contributed by atoms with E-state index in [0.29, 0.717) is 11.2 Å². The highest BCUT2D eigenvalue weighted by molar-refractivity contribution is 6.30. The number of aromatic amines is 1. The number of nitrogens with zero attached hydrogens (tertiary/aromatic N) is 5. The largest absolute Gasteiger partial charge is 0.350 e. The number of hydrogen-bond acceptors (Lipinski definition) is 5. The predicted octanol–water partition coefficient (Wildman–Crippen LogP) is 2.87. The lowest BCUT2D eigenvalue weighted by atomic mass is 10.1. The van der Waals surface area contributed by atoms with Crippen molar-refractivity contribution < 1.29 is 18.4 Å². The van der Waals surface area contributed by atoms with Crippen LogP contribution in [0.15, 0.2) is 49.1 Å². The van der Waals surface area contributed by atoms with Crippen LogP contribution in [0.2, 0.25) is 5.02 Å². The number of halogens is 3. The number of fused-ring (bicyclic) bond motifs is 1. The molecule has 4 aromatic rings. The maximum atomic E-state index is 14.3. The molecule has 0 radical (unpaired) electrons. The fourth-order valence-electron chi connectivity index (χ4n) is 4.25. The summed E-state index contributed by atoms with van der Waals surface area (Å²) in [6, 6.07) is 5.22. The topological polar surface area (TPSA) is 109 Å². The predicted molar refractivity (Wildman–Crippen MR) is 123 cm³/mol. The lowest BCUT2D eigenvalue weighted by molar-refractivity contribution is -0.139. The van der Waals surface area contributed by atoms with E-state index in [1.807, 2.05) is 0 Å². The number of hydrogen-bond donors (Lipinski definition) is 2. The number of carbonyl (C=O) groups excluding carboxylic acids is 2. The molecule has 1 aliphatic heterocycles. The SMILES string of the molecule is O=C(NCc1cccc(Cl)c1F)[C@@H]1C[C@@H](F)CN1C(=O)Cn1nc(-c2cn[nH]c2)c2ccncc21. The number of H-pyrrole nitrogens is 1. The number of rotatable bonds is 6. The van der Waals surface area contributed by atoms with E-state index in [9.17, 15) is 18.4 Å². The van der Waals surface area contributed by atoms with Gasteiger partial charge in [-0.3, -0.25) is 24.4 Å². The van der Waals surface area contributed by atoms with Crippen molar-refractivity contribution in [1.82, 2.24) is 35.2 Å². The van der Waals surface area contributed by atoms with Gasteiger partial charge in [0, 0.05) is 41.9 Å². The molecule has 35 heavy (non-hydrogen) atoms. The molecule has 12 heteroatoms. The van der Waals surface area contributed by atoms with Crippen LogP contribution in [0.4, 0.5) is 8.78 Å². The third-order valence-electron chi connectivity index (χ3n) is 5.97. The van der Waals surface area contributed by atoms with Gasteiger partial charge in [0.2, 0.25) is 11.8 Å². The number of nitrogens with one attached hydrogen (secondary N) is 2. The van der Waals surface area contributed by atoms with E-state index >= 15 is 0 Å². The molecule has 0 saturated carbocycles. The normalized spacial score (nSPS) is 17.7. The monoisotopic (exact) mass is 499 g/mol. The first kappa shape index (κ1) is 22.9. The van der Waals surface area contributed by atoms with Crippen LogP contribution in [0.5, 0.6) is 0 Å². The maximum Gasteiger partial charge on any atom is 0.245 e. The van der Waals surface area contributed by atoms with Crippen LogP contribution in [0.25, 0.3) is 22.2 Å². The van der Waals surface area contributed by atoms with Crippen LogP contribution in [0.1, 0.15) is 12.0 Å². The molecule has 3 aromatic heterocycles. The highest BCUT2D eigenvalue weighted by Gasteiger charge is 2.40. The van der Waals surface area contributed by atoms with Crippen LogP contribution < -0.4 is 5.32 Å². The van der Waals surface area contributed by atoms with Crippen LogP contribution in [-0.2, 0) is 22.7 Å². The molecule has 1 fully saturated rings. The van der Waals surface area contributed by atoms with Gasteiger partial charge in [-0.1, -0.05) is 23.7 Å². The minimum atomic E-state index is -1.35. The Labute approximate surface area is 203 Å². The van der Waals surface area contributed by atoms with Crippen LogP contribution >= 0.6 is 11.6 Å². The van der Waals surface area contributed by atoms with Crippen molar-refractivity contribution in [2.45, 2.75) is 31.7 Å². The quantitative estimate of drug-likeness (QED) is 0.424.